The van der Waals surface area contributed by atoms with Gasteiger partial charge in [0.2, 0.25) is 0 Å². The largest absolute Gasteiger partial charge is 0.399 e. The van der Waals surface area contributed by atoms with Crippen LogP contribution in [0, 0.1) is 6.92 Å². The number of anilines is 1. The van der Waals surface area contributed by atoms with Crippen LogP contribution in [0.3, 0.4) is 0 Å². The topological polar surface area (TPSA) is 52.0 Å². The highest BCUT2D eigenvalue weighted by Gasteiger charge is 1.97. The smallest absolute Gasteiger partial charge is 0.0350 e. The molecule has 4 aromatic carbocycles. The fourth-order valence-corrected chi connectivity index (χ4v) is 3.13. The van der Waals surface area contributed by atoms with Crippen molar-refractivity contribution in [2.24, 2.45) is 5.73 Å². The van der Waals surface area contributed by atoms with Gasteiger partial charge in [-0.05, 0) is 47.7 Å². The van der Waals surface area contributed by atoms with Crippen molar-refractivity contribution in [3.8, 4) is 11.1 Å². The Hall–Kier alpha value is -3.78. The van der Waals surface area contributed by atoms with E-state index in [9.17, 15) is 0 Å². The molecule has 0 radical (unpaired) electrons. The number of benzene rings is 4. The molecular weight excluding hydrogens is 364 g/mol. The van der Waals surface area contributed by atoms with Crippen LogP contribution in [0.15, 0.2) is 115 Å². The Morgan fingerprint density at radius 2 is 1.30 bits per heavy atom. The monoisotopic (exact) mass is 392 g/mol. The van der Waals surface area contributed by atoms with Gasteiger partial charge in [0.1, 0.15) is 0 Å². The maximum Gasteiger partial charge on any atom is 0.0350 e. The van der Waals surface area contributed by atoms with E-state index in [-0.39, 0.29) is 0 Å². The lowest BCUT2D eigenvalue weighted by Gasteiger charge is -2.03. The molecule has 4 rings (SSSR count). The lowest BCUT2D eigenvalue weighted by Crippen LogP contribution is -1.96. The molecule has 0 aromatic heterocycles. The highest BCUT2D eigenvalue weighted by Crippen LogP contribution is 2.21. The minimum Gasteiger partial charge on any atom is -0.399 e. The lowest BCUT2D eigenvalue weighted by atomic mass is 10.0. The average Bonchev–Trinajstić information content (AvgIpc) is 2.79. The Kier molecular flexibility index (Phi) is 7.45. The summed E-state index contributed by atoms with van der Waals surface area (Å²) in [7, 11) is 0. The molecule has 0 bridgehead atoms. The van der Waals surface area contributed by atoms with E-state index in [1.165, 1.54) is 22.3 Å². The summed E-state index contributed by atoms with van der Waals surface area (Å²) in [6.07, 6.45) is 2.94. The second kappa shape index (κ2) is 10.7. The quantitative estimate of drug-likeness (QED) is 0.391. The second-order valence-electron chi connectivity index (χ2n) is 7.21. The van der Waals surface area contributed by atoms with Gasteiger partial charge in [-0.3, -0.25) is 0 Å². The summed E-state index contributed by atoms with van der Waals surface area (Å²) in [4.78, 5) is 0. The number of rotatable bonds is 4. The summed E-state index contributed by atoms with van der Waals surface area (Å²) in [5.41, 5.74) is 19.4. The Morgan fingerprint density at radius 3 is 1.93 bits per heavy atom. The van der Waals surface area contributed by atoms with Crippen LogP contribution in [0.5, 0.6) is 0 Å². The molecule has 30 heavy (non-hydrogen) atoms. The average molecular weight is 393 g/mol. The third kappa shape index (κ3) is 6.39. The van der Waals surface area contributed by atoms with E-state index >= 15 is 0 Å². The van der Waals surface area contributed by atoms with Gasteiger partial charge in [-0.15, -0.1) is 0 Å². The van der Waals surface area contributed by atoms with Crippen molar-refractivity contribution >= 4 is 11.4 Å². The van der Waals surface area contributed by atoms with Gasteiger partial charge >= 0.3 is 0 Å². The van der Waals surface area contributed by atoms with Crippen LogP contribution in [0.25, 0.3) is 16.8 Å². The fourth-order valence-electron chi connectivity index (χ4n) is 3.13. The van der Waals surface area contributed by atoms with Crippen LogP contribution >= 0.6 is 0 Å². The van der Waals surface area contributed by atoms with Crippen molar-refractivity contribution in [1.82, 2.24) is 0 Å². The Morgan fingerprint density at radius 1 is 0.700 bits per heavy atom. The SMILES string of the molecule is Cc1cccc(-c2cccc(N)c2)c1.N/C(=C\Cc1ccccc1)c1ccccc1. The van der Waals surface area contributed by atoms with Gasteiger partial charge in [-0.25, -0.2) is 0 Å². The summed E-state index contributed by atoms with van der Waals surface area (Å²) < 4.78 is 0. The maximum absolute atomic E-state index is 6.00. The van der Waals surface area contributed by atoms with Gasteiger partial charge in [0, 0.05) is 11.4 Å². The van der Waals surface area contributed by atoms with Crippen LogP contribution in [0.1, 0.15) is 16.7 Å². The molecule has 0 saturated heterocycles. The van der Waals surface area contributed by atoms with Crippen molar-refractivity contribution in [1.29, 1.82) is 0 Å². The number of hydrogen-bond donors (Lipinski definition) is 2. The van der Waals surface area contributed by atoms with Crippen molar-refractivity contribution in [2.45, 2.75) is 13.3 Å². The molecule has 150 valence electrons. The Bertz CT molecular complexity index is 1040. The van der Waals surface area contributed by atoms with Crippen molar-refractivity contribution in [2.75, 3.05) is 5.73 Å². The summed E-state index contributed by atoms with van der Waals surface area (Å²) in [6.45, 7) is 2.09. The molecule has 0 aliphatic rings. The molecule has 2 heteroatoms. The molecule has 0 fully saturated rings. The second-order valence-corrected chi connectivity index (χ2v) is 7.21. The predicted octanol–water partition coefficient (Wildman–Crippen LogP) is 6.47. The summed E-state index contributed by atoms with van der Waals surface area (Å²) in [5, 5.41) is 0. The first-order valence-electron chi connectivity index (χ1n) is 10.1. The Balaban J connectivity index is 0.000000172. The zero-order valence-electron chi connectivity index (χ0n) is 17.3. The molecule has 0 aliphatic carbocycles. The normalized spacial score (nSPS) is 10.8. The van der Waals surface area contributed by atoms with Crippen molar-refractivity contribution in [3.63, 3.8) is 0 Å². The van der Waals surface area contributed by atoms with Crippen LogP contribution < -0.4 is 11.5 Å². The predicted molar refractivity (Wildman–Crippen MR) is 130 cm³/mol. The first kappa shape index (κ1) is 20.9. The van der Waals surface area contributed by atoms with Crippen LogP contribution in [-0.4, -0.2) is 0 Å². The first-order chi connectivity index (χ1) is 14.6. The first-order valence-corrected chi connectivity index (χ1v) is 10.1. The van der Waals surface area contributed by atoms with E-state index in [2.05, 4.69) is 55.5 Å². The maximum atomic E-state index is 6.00. The molecule has 0 spiro atoms. The highest BCUT2D eigenvalue weighted by atomic mass is 14.6. The van der Waals surface area contributed by atoms with E-state index in [4.69, 9.17) is 11.5 Å². The number of allylic oxidation sites excluding steroid dienone is 1. The van der Waals surface area contributed by atoms with Gasteiger partial charge in [0.25, 0.3) is 0 Å². The standard InChI is InChI=1S/C15H15N.C13H13N/c16-15(14-9-5-2-6-10-14)12-11-13-7-3-1-4-8-13;1-10-4-2-5-11(8-10)12-6-3-7-13(14)9-12/h1-10,12H,11,16H2;2-9H,14H2,1H3/b15-12-;. The Labute approximate surface area is 179 Å². The molecule has 0 saturated carbocycles. The van der Waals surface area contributed by atoms with E-state index < -0.39 is 0 Å². The van der Waals surface area contributed by atoms with Gasteiger partial charge < -0.3 is 11.5 Å². The number of nitrogens with two attached hydrogens (primary N) is 2. The summed E-state index contributed by atoms with van der Waals surface area (Å²) in [6, 6.07) is 36.7. The van der Waals surface area contributed by atoms with E-state index in [1.54, 1.807) is 0 Å². The summed E-state index contributed by atoms with van der Waals surface area (Å²) in [5.74, 6) is 0. The van der Waals surface area contributed by atoms with Gasteiger partial charge in [-0.2, -0.15) is 0 Å². The fraction of sp³-hybridized carbons (Fsp3) is 0.0714. The zero-order valence-corrected chi connectivity index (χ0v) is 17.3. The van der Waals surface area contributed by atoms with Gasteiger partial charge in [-0.1, -0.05) is 109 Å². The van der Waals surface area contributed by atoms with Crippen molar-refractivity contribution in [3.05, 3.63) is 132 Å². The number of hydrogen-bond acceptors (Lipinski definition) is 2. The molecule has 0 unspecified atom stereocenters. The van der Waals surface area contributed by atoms with E-state index in [1.807, 2.05) is 66.7 Å². The van der Waals surface area contributed by atoms with Gasteiger partial charge in [0.15, 0.2) is 0 Å². The molecular formula is C28H28N2. The molecule has 0 aliphatic heterocycles. The molecule has 0 heterocycles. The summed E-state index contributed by atoms with van der Waals surface area (Å²) >= 11 is 0. The third-order valence-electron chi connectivity index (χ3n) is 4.75. The number of aryl methyl sites for hydroxylation is 1. The van der Waals surface area contributed by atoms with E-state index in [0.717, 1.165) is 23.4 Å². The highest BCUT2D eigenvalue weighted by molar-refractivity contribution is 5.67. The van der Waals surface area contributed by atoms with Crippen LogP contribution in [0.2, 0.25) is 0 Å². The molecule has 0 amide bonds. The molecule has 4 aromatic rings. The van der Waals surface area contributed by atoms with Gasteiger partial charge in [0.05, 0.1) is 0 Å². The molecule has 0 atom stereocenters. The minimum absolute atomic E-state index is 0.809. The lowest BCUT2D eigenvalue weighted by molar-refractivity contribution is 1.26. The minimum atomic E-state index is 0.809. The van der Waals surface area contributed by atoms with Crippen molar-refractivity contribution < 1.29 is 0 Å². The zero-order chi connectivity index (χ0) is 21.2. The van der Waals surface area contributed by atoms with Crippen LogP contribution in [-0.2, 0) is 6.42 Å². The third-order valence-corrected chi connectivity index (χ3v) is 4.75. The van der Waals surface area contributed by atoms with E-state index in [0.29, 0.717) is 0 Å². The van der Waals surface area contributed by atoms with Crippen LogP contribution in [0.4, 0.5) is 5.69 Å². The molecule has 2 nitrogen and oxygen atoms in total. The number of nitrogen functional groups attached to an aromatic ring is 1. The molecule has 4 N–H and O–H groups in total.